The van der Waals surface area contributed by atoms with Crippen LogP contribution in [0.2, 0.25) is 0 Å². The molecule has 1 aliphatic heterocycles. The Morgan fingerprint density at radius 1 is 0.912 bits per heavy atom. The highest BCUT2D eigenvalue weighted by Gasteiger charge is 2.29. The molecule has 0 atom stereocenters. The molecule has 0 spiro atoms. The number of ether oxygens (including phenoxy) is 1. The van der Waals surface area contributed by atoms with Crippen molar-refractivity contribution in [3.8, 4) is 0 Å². The number of hydrogen-bond donors (Lipinski definition) is 1. The lowest BCUT2D eigenvalue weighted by atomic mass is 9.80. The van der Waals surface area contributed by atoms with Gasteiger partial charge in [-0.05, 0) is 76.0 Å². The summed E-state index contributed by atoms with van der Waals surface area (Å²) in [5.74, 6) is -0.124. The molecule has 34 heavy (non-hydrogen) atoms. The van der Waals surface area contributed by atoms with Crippen molar-refractivity contribution in [2.45, 2.75) is 97.6 Å². The van der Waals surface area contributed by atoms with Crippen molar-refractivity contribution in [3.63, 3.8) is 0 Å². The van der Waals surface area contributed by atoms with E-state index in [-0.39, 0.29) is 34.3 Å². The molecule has 0 bridgehead atoms. The van der Waals surface area contributed by atoms with E-state index in [1.165, 1.54) is 12.2 Å². The van der Waals surface area contributed by atoms with Crippen LogP contribution in [0.15, 0.2) is 36.4 Å². The molecule has 1 heterocycles. The van der Waals surface area contributed by atoms with Gasteiger partial charge in [0.1, 0.15) is 0 Å². The summed E-state index contributed by atoms with van der Waals surface area (Å²) in [7, 11) is 0. The zero-order valence-corrected chi connectivity index (χ0v) is 22.2. The summed E-state index contributed by atoms with van der Waals surface area (Å²) >= 11 is 0. The highest BCUT2D eigenvalue weighted by atomic mass is 16.5. The van der Waals surface area contributed by atoms with Gasteiger partial charge < -0.3 is 10.1 Å². The van der Waals surface area contributed by atoms with Gasteiger partial charge in [-0.1, -0.05) is 39.8 Å². The molecule has 188 valence electrons. The number of hydrogen-bond acceptors (Lipinski definition) is 4. The first-order valence-corrected chi connectivity index (χ1v) is 12.2. The van der Waals surface area contributed by atoms with E-state index < -0.39 is 0 Å². The van der Waals surface area contributed by atoms with Crippen LogP contribution in [0, 0.1) is 5.92 Å². The Labute approximate surface area is 205 Å². The van der Waals surface area contributed by atoms with Crippen LogP contribution in [0.1, 0.15) is 86.6 Å². The predicted octanol–water partition coefficient (Wildman–Crippen LogP) is 5.30. The van der Waals surface area contributed by atoms with Gasteiger partial charge in [-0.15, -0.1) is 0 Å². The van der Waals surface area contributed by atoms with E-state index in [1.54, 1.807) is 12.1 Å². The lowest BCUT2D eigenvalue weighted by Gasteiger charge is -2.33. The van der Waals surface area contributed by atoms with Gasteiger partial charge in [0.2, 0.25) is 5.91 Å². The monoisotopic (exact) mass is 470 g/mol. The number of nitrogens with zero attached hydrogens (tertiary/aromatic N) is 1. The zero-order valence-electron chi connectivity index (χ0n) is 22.2. The Hall–Kier alpha value is -2.47. The molecular weight excluding hydrogens is 428 g/mol. The van der Waals surface area contributed by atoms with Crippen molar-refractivity contribution in [1.82, 2.24) is 5.32 Å². The van der Waals surface area contributed by atoms with E-state index in [2.05, 4.69) is 60.7 Å². The first kappa shape index (κ1) is 27.8. The van der Waals surface area contributed by atoms with E-state index in [0.717, 1.165) is 29.9 Å². The number of rotatable bonds is 12. The number of benzene rings is 1. The van der Waals surface area contributed by atoms with E-state index in [1.807, 2.05) is 12.1 Å². The molecule has 0 saturated heterocycles. The third-order valence-corrected chi connectivity index (χ3v) is 6.33. The largest absolute Gasteiger partial charge is 0.375 e. The van der Waals surface area contributed by atoms with Crippen LogP contribution < -0.4 is 10.2 Å². The van der Waals surface area contributed by atoms with Crippen molar-refractivity contribution in [2.24, 2.45) is 5.92 Å². The SMILES string of the molecule is CC(C)COC(C)(C)CCC(C)(C)NC(=O)CCC(C)(C)c1ccc(N2C(=O)C=CC2=O)cc1. The van der Waals surface area contributed by atoms with Gasteiger partial charge in [0.05, 0.1) is 11.3 Å². The van der Waals surface area contributed by atoms with E-state index in [0.29, 0.717) is 24.4 Å². The van der Waals surface area contributed by atoms with Crippen molar-refractivity contribution >= 4 is 23.4 Å². The molecular formula is C28H42N2O4. The fourth-order valence-electron chi connectivity index (χ4n) is 3.87. The fourth-order valence-corrected chi connectivity index (χ4v) is 3.87. The van der Waals surface area contributed by atoms with Crippen LogP contribution in [-0.2, 0) is 24.5 Å². The highest BCUT2D eigenvalue weighted by molar-refractivity contribution is 6.28. The fraction of sp³-hybridized carbons (Fsp3) is 0.607. The number of anilines is 1. The second-order valence-corrected chi connectivity index (χ2v) is 11.7. The lowest BCUT2D eigenvalue weighted by Crippen LogP contribution is -2.45. The van der Waals surface area contributed by atoms with Crippen LogP contribution in [0.4, 0.5) is 5.69 Å². The summed E-state index contributed by atoms with van der Waals surface area (Å²) in [6, 6.07) is 7.42. The Kier molecular flexibility index (Phi) is 8.86. The smallest absolute Gasteiger partial charge is 0.258 e. The second-order valence-electron chi connectivity index (χ2n) is 11.7. The van der Waals surface area contributed by atoms with Crippen molar-refractivity contribution in [3.05, 3.63) is 42.0 Å². The normalized spacial score (nSPS) is 14.9. The van der Waals surface area contributed by atoms with Crippen LogP contribution in [-0.4, -0.2) is 35.5 Å². The molecule has 1 N–H and O–H groups in total. The summed E-state index contributed by atoms with van der Waals surface area (Å²) in [5.41, 5.74) is 0.841. The Balaban J connectivity index is 1.88. The number of nitrogens with one attached hydrogen (secondary N) is 1. The summed E-state index contributed by atoms with van der Waals surface area (Å²) in [6.45, 7) is 17.5. The molecule has 1 aliphatic rings. The van der Waals surface area contributed by atoms with Crippen LogP contribution in [0.25, 0.3) is 0 Å². The zero-order chi connectivity index (χ0) is 25.7. The van der Waals surface area contributed by atoms with E-state index in [4.69, 9.17) is 4.74 Å². The summed E-state index contributed by atoms with van der Waals surface area (Å²) in [4.78, 5) is 37.7. The predicted molar refractivity (Wildman–Crippen MR) is 137 cm³/mol. The molecule has 1 aromatic carbocycles. The van der Waals surface area contributed by atoms with Gasteiger partial charge in [0.25, 0.3) is 11.8 Å². The van der Waals surface area contributed by atoms with Crippen molar-refractivity contribution < 1.29 is 19.1 Å². The van der Waals surface area contributed by atoms with Crippen LogP contribution >= 0.6 is 0 Å². The Morgan fingerprint density at radius 3 is 2.00 bits per heavy atom. The van der Waals surface area contributed by atoms with E-state index >= 15 is 0 Å². The van der Waals surface area contributed by atoms with Gasteiger partial charge in [-0.2, -0.15) is 0 Å². The quantitative estimate of drug-likeness (QED) is 0.421. The molecule has 6 heteroatoms. The van der Waals surface area contributed by atoms with E-state index in [9.17, 15) is 14.4 Å². The summed E-state index contributed by atoms with van der Waals surface area (Å²) in [6.07, 6.45) is 5.35. The Bertz CT molecular complexity index is 893. The lowest BCUT2D eigenvalue weighted by molar-refractivity contribution is -0.123. The van der Waals surface area contributed by atoms with Gasteiger partial charge in [-0.3, -0.25) is 14.4 Å². The molecule has 0 aliphatic carbocycles. The average Bonchev–Trinajstić information content (AvgIpc) is 3.08. The number of carbonyl (C=O) groups excluding carboxylic acids is 3. The first-order chi connectivity index (χ1) is 15.6. The van der Waals surface area contributed by atoms with Crippen molar-refractivity contribution in [1.29, 1.82) is 0 Å². The summed E-state index contributed by atoms with van der Waals surface area (Å²) in [5, 5.41) is 3.19. The van der Waals surface area contributed by atoms with Gasteiger partial charge >= 0.3 is 0 Å². The molecule has 0 radical (unpaired) electrons. The third kappa shape index (κ3) is 8.08. The standard InChI is InChI=1S/C28H42N2O4/c1-20(2)19-34-28(7,8)18-17-27(5,6)29-23(31)15-16-26(3,4)21-9-11-22(12-10-21)30-24(32)13-14-25(30)33/h9-14,20H,15-19H2,1-8H3,(H,29,31). The average molecular weight is 471 g/mol. The van der Waals surface area contributed by atoms with Crippen LogP contribution in [0.3, 0.4) is 0 Å². The molecule has 0 aromatic heterocycles. The maximum absolute atomic E-state index is 12.7. The van der Waals surface area contributed by atoms with Gasteiger partial charge in [0, 0.05) is 30.7 Å². The minimum atomic E-state index is -0.328. The molecule has 0 fully saturated rings. The minimum absolute atomic E-state index is 0.0370. The first-order valence-electron chi connectivity index (χ1n) is 12.2. The summed E-state index contributed by atoms with van der Waals surface area (Å²) < 4.78 is 6.03. The third-order valence-electron chi connectivity index (χ3n) is 6.33. The maximum atomic E-state index is 12.7. The van der Waals surface area contributed by atoms with Crippen LogP contribution in [0.5, 0.6) is 0 Å². The number of carbonyl (C=O) groups is 3. The molecule has 3 amide bonds. The second kappa shape index (κ2) is 10.9. The van der Waals surface area contributed by atoms with Gasteiger partial charge in [0.15, 0.2) is 0 Å². The highest BCUT2D eigenvalue weighted by Crippen LogP contribution is 2.31. The molecule has 1 aromatic rings. The number of imide groups is 1. The molecule has 6 nitrogen and oxygen atoms in total. The number of amides is 3. The van der Waals surface area contributed by atoms with Crippen molar-refractivity contribution in [2.75, 3.05) is 11.5 Å². The topological polar surface area (TPSA) is 75.7 Å². The van der Waals surface area contributed by atoms with Gasteiger partial charge in [-0.25, -0.2) is 4.90 Å². The Morgan fingerprint density at radius 2 is 1.47 bits per heavy atom. The molecule has 2 rings (SSSR count). The maximum Gasteiger partial charge on any atom is 0.258 e. The molecule has 0 saturated carbocycles. The minimum Gasteiger partial charge on any atom is -0.375 e. The molecule has 0 unspecified atom stereocenters.